The van der Waals surface area contributed by atoms with Crippen LogP contribution in [0.15, 0.2) is 46.8 Å². The third kappa shape index (κ3) is 1.44. The van der Waals surface area contributed by atoms with Crippen molar-refractivity contribution in [3.8, 4) is 0 Å². The molecule has 0 aromatic heterocycles. The van der Waals surface area contributed by atoms with Crippen molar-refractivity contribution in [2.45, 2.75) is 32.1 Å². The molecule has 0 radical (unpaired) electrons. The van der Waals surface area contributed by atoms with E-state index in [2.05, 4.69) is 12.2 Å². The van der Waals surface area contributed by atoms with E-state index in [4.69, 9.17) is 0 Å². The van der Waals surface area contributed by atoms with E-state index in [1.54, 1.807) is 11.1 Å². The van der Waals surface area contributed by atoms with Gasteiger partial charge >= 0.3 is 0 Å². The first kappa shape index (κ1) is 11.0. The molecule has 0 N–H and O–H groups in total. The number of rotatable bonds is 0. The van der Waals surface area contributed by atoms with Crippen LogP contribution in [-0.2, 0) is 9.59 Å². The van der Waals surface area contributed by atoms with Crippen LogP contribution in [0.4, 0.5) is 0 Å². The van der Waals surface area contributed by atoms with Crippen molar-refractivity contribution in [3.05, 3.63) is 46.8 Å². The molecule has 3 heteroatoms. The van der Waals surface area contributed by atoms with Gasteiger partial charge in [0.25, 0.3) is 0 Å². The first-order chi connectivity index (χ1) is 9.25. The lowest BCUT2D eigenvalue weighted by Crippen LogP contribution is -2.28. The molecule has 19 heavy (non-hydrogen) atoms. The average molecular weight is 253 g/mol. The lowest BCUT2D eigenvalue weighted by Gasteiger charge is -2.26. The zero-order chi connectivity index (χ0) is 13.0. The molecule has 2 aliphatic carbocycles. The number of ketones is 1. The largest absolute Gasteiger partial charge is 0.294 e. The van der Waals surface area contributed by atoms with Crippen LogP contribution in [0, 0.1) is 5.92 Å². The second-order valence-corrected chi connectivity index (χ2v) is 5.59. The number of carbonyl (C=O) groups is 2. The van der Waals surface area contributed by atoms with Crippen LogP contribution in [0.2, 0.25) is 0 Å². The quantitative estimate of drug-likeness (QED) is 0.665. The number of amides is 1. The smallest absolute Gasteiger partial charge is 0.242 e. The molecule has 1 unspecified atom stereocenters. The molecule has 0 bridgehead atoms. The van der Waals surface area contributed by atoms with Crippen molar-refractivity contribution in [3.63, 3.8) is 0 Å². The van der Waals surface area contributed by atoms with Crippen molar-refractivity contribution in [2.24, 2.45) is 5.92 Å². The van der Waals surface area contributed by atoms with E-state index in [1.165, 1.54) is 30.1 Å². The van der Waals surface area contributed by atoms with Crippen LogP contribution in [-0.4, -0.2) is 16.6 Å². The van der Waals surface area contributed by atoms with E-state index in [0.717, 1.165) is 24.1 Å². The Balaban J connectivity index is 1.85. The van der Waals surface area contributed by atoms with Crippen molar-refractivity contribution in [1.29, 1.82) is 0 Å². The van der Waals surface area contributed by atoms with E-state index in [1.807, 2.05) is 0 Å². The van der Waals surface area contributed by atoms with Gasteiger partial charge in [-0.2, -0.15) is 0 Å². The Morgan fingerprint density at radius 1 is 1.05 bits per heavy atom. The minimum Gasteiger partial charge on any atom is -0.294 e. The second kappa shape index (κ2) is 3.80. The molecule has 0 aromatic rings. The zero-order valence-corrected chi connectivity index (χ0v) is 10.7. The van der Waals surface area contributed by atoms with E-state index in [-0.39, 0.29) is 17.6 Å². The first-order valence-electron chi connectivity index (χ1n) is 6.93. The first-order valence-corrected chi connectivity index (χ1v) is 6.93. The van der Waals surface area contributed by atoms with Gasteiger partial charge in [0.2, 0.25) is 5.91 Å². The molecule has 0 saturated carbocycles. The highest BCUT2D eigenvalue weighted by atomic mass is 16.2. The standard InChI is InChI=1S/C16H15NO2/c18-11-7-8-17-14(9-11)13-6-5-10-3-1-2-4-12(10)15(13)16(17)19/h5-8,15H,1-4,9H2. The van der Waals surface area contributed by atoms with Gasteiger partial charge in [0.15, 0.2) is 5.78 Å². The van der Waals surface area contributed by atoms with Crippen molar-refractivity contribution >= 4 is 11.7 Å². The Morgan fingerprint density at radius 3 is 2.79 bits per heavy atom. The Bertz CT molecular complexity index is 619. The normalized spacial score (nSPS) is 28.8. The second-order valence-electron chi connectivity index (χ2n) is 5.59. The Hall–Kier alpha value is -1.90. The van der Waals surface area contributed by atoms with Gasteiger partial charge in [-0.25, -0.2) is 0 Å². The summed E-state index contributed by atoms with van der Waals surface area (Å²) in [5.41, 5.74) is 4.61. The Labute approximate surface area is 112 Å². The van der Waals surface area contributed by atoms with Gasteiger partial charge in [-0.15, -0.1) is 0 Å². The summed E-state index contributed by atoms with van der Waals surface area (Å²) < 4.78 is 0. The van der Waals surface area contributed by atoms with E-state index < -0.39 is 0 Å². The number of allylic oxidation sites excluding steroid dienone is 5. The molecule has 4 aliphatic rings. The van der Waals surface area contributed by atoms with Crippen LogP contribution in [0.25, 0.3) is 0 Å². The molecule has 3 nitrogen and oxygen atoms in total. The number of fused-ring (bicyclic) bond motifs is 3. The summed E-state index contributed by atoms with van der Waals surface area (Å²) in [5.74, 6) is 0.113. The molecule has 0 fully saturated rings. The predicted octanol–water partition coefficient (Wildman–Crippen LogP) is 2.63. The van der Waals surface area contributed by atoms with Gasteiger partial charge in [0.05, 0.1) is 12.3 Å². The summed E-state index contributed by atoms with van der Waals surface area (Å²) in [4.78, 5) is 25.9. The van der Waals surface area contributed by atoms with Crippen LogP contribution >= 0.6 is 0 Å². The zero-order valence-electron chi connectivity index (χ0n) is 10.7. The number of carbonyl (C=O) groups excluding carboxylic acids is 2. The van der Waals surface area contributed by atoms with Gasteiger partial charge in [-0.3, -0.25) is 14.5 Å². The molecule has 1 amide bonds. The minimum absolute atomic E-state index is 0.0871. The molecule has 0 saturated heterocycles. The van der Waals surface area contributed by atoms with Crippen LogP contribution in [0.5, 0.6) is 0 Å². The third-order valence-electron chi connectivity index (χ3n) is 4.54. The summed E-state index contributed by atoms with van der Waals surface area (Å²) in [6, 6.07) is 0. The minimum atomic E-state index is -0.106. The molecule has 0 aromatic carbocycles. The fourth-order valence-corrected chi connectivity index (χ4v) is 3.63. The maximum absolute atomic E-state index is 12.6. The van der Waals surface area contributed by atoms with Gasteiger partial charge < -0.3 is 0 Å². The van der Waals surface area contributed by atoms with Crippen molar-refractivity contribution in [1.82, 2.24) is 4.90 Å². The summed E-state index contributed by atoms with van der Waals surface area (Å²) in [7, 11) is 0. The van der Waals surface area contributed by atoms with Gasteiger partial charge in [-0.05, 0) is 42.9 Å². The SMILES string of the molecule is O=C1C=CN2C(=O)C3C(=C2C1)C=CC1=C3CCCC1. The van der Waals surface area contributed by atoms with E-state index >= 15 is 0 Å². The molecule has 1 atom stereocenters. The maximum atomic E-state index is 12.6. The fourth-order valence-electron chi connectivity index (χ4n) is 3.63. The average Bonchev–Trinajstić information content (AvgIpc) is 2.72. The molecule has 2 aliphatic heterocycles. The van der Waals surface area contributed by atoms with Crippen LogP contribution in [0.3, 0.4) is 0 Å². The third-order valence-corrected chi connectivity index (χ3v) is 4.54. The van der Waals surface area contributed by atoms with Gasteiger partial charge in [-0.1, -0.05) is 17.7 Å². The number of nitrogens with zero attached hydrogens (tertiary/aromatic N) is 1. The highest BCUT2D eigenvalue weighted by Gasteiger charge is 2.43. The molecular formula is C16H15NO2. The Kier molecular flexibility index (Phi) is 2.19. The van der Waals surface area contributed by atoms with Crippen molar-refractivity contribution in [2.75, 3.05) is 0 Å². The van der Waals surface area contributed by atoms with Gasteiger partial charge in [0, 0.05) is 11.9 Å². The lowest BCUT2D eigenvalue weighted by molar-refractivity contribution is -0.128. The monoisotopic (exact) mass is 253 g/mol. The highest BCUT2D eigenvalue weighted by Crippen LogP contribution is 2.45. The molecule has 0 spiro atoms. The van der Waals surface area contributed by atoms with Gasteiger partial charge in [0.1, 0.15) is 0 Å². The molecular weight excluding hydrogens is 238 g/mol. The summed E-state index contributed by atoms with van der Waals surface area (Å²) in [5, 5.41) is 0. The predicted molar refractivity (Wildman–Crippen MR) is 70.8 cm³/mol. The molecule has 4 rings (SSSR count). The van der Waals surface area contributed by atoms with Crippen LogP contribution < -0.4 is 0 Å². The van der Waals surface area contributed by atoms with E-state index in [0.29, 0.717) is 6.42 Å². The summed E-state index contributed by atoms with van der Waals surface area (Å²) >= 11 is 0. The summed E-state index contributed by atoms with van der Waals surface area (Å²) in [6.07, 6.45) is 12.3. The van der Waals surface area contributed by atoms with E-state index in [9.17, 15) is 9.59 Å². The topological polar surface area (TPSA) is 37.4 Å². The van der Waals surface area contributed by atoms with Crippen molar-refractivity contribution < 1.29 is 9.59 Å². The lowest BCUT2D eigenvalue weighted by atomic mass is 9.77. The number of hydrogen-bond donors (Lipinski definition) is 0. The van der Waals surface area contributed by atoms with Crippen LogP contribution in [0.1, 0.15) is 32.1 Å². The molecule has 2 heterocycles. The maximum Gasteiger partial charge on any atom is 0.242 e. The fraction of sp³-hybridized carbons (Fsp3) is 0.375. The Morgan fingerprint density at radius 2 is 1.89 bits per heavy atom. The number of hydrogen-bond acceptors (Lipinski definition) is 2. The molecule has 96 valence electrons. The summed E-state index contributed by atoms with van der Waals surface area (Å²) in [6.45, 7) is 0. The highest BCUT2D eigenvalue weighted by molar-refractivity contribution is 6.00.